The highest BCUT2D eigenvalue weighted by Crippen LogP contribution is 2.22. The van der Waals surface area contributed by atoms with Gasteiger partial charge in [0.25, 0.3) is 0 Å². The van der Waals surface area contributed by atoms with Gasteiger partial charge in [-0.2, -0.15) is 0 Å². The second-order valence-corrected chi connectivity index (χ2v) is 5.62. The molecule has 94 valence electrons. The second-order valence-electron chi connectivity index (χ2n) is 5.62. The number of likely N-dealkylation sites (tertiary alicyclic amines) is 1. The van der Waals surface area contributed by atoms with Gasteiger partial charge in [0, 0.05) is 18.0 Å². The minimum absolute atomic E-state index is 0.0768. The molecule has 1 saturated heterocycles. The summed E-state index contributed by atoms with van der Waals surface area (Å²) in [6.45, 7) is 9.44. The molecule has 0 aromatic rings. The van der Waals surface area contributed by atoms with Crippen LogP contribution in [0, 0.1) is 11.8 Å². The van der Waals surface area contributed by atoms with E-state index in [4.69, 9.17) is 0 Å². The summed E-state index contributed by atoms with van der Waals surface area (Å²) < 4.78 is 0. The van der Waals surface area contributed by atoms with Crippen molar-refractivity contribution in [3.63, 3.8) is 0 Å². The number of rotatable bonds is 4. The zero-order valence-corrected chi connectivity index (χ0v) is 11.3. The zero-order chi connectivity index (χ0) is 12.3. The van der Waals surface area contributed by atoms with Gasteiger partial charge >= 0.3 is 0 Å². The Morgan fingerprint density at radius 1 is 1.31 bits per heavy atom. The van der Waals surface area contributed by atoms with E-state index in [-0.39, 0.29) is 11.8 Å². The molecule has 1 rings (SSSR count). The van der Waals surface area contributed by atoms with Crippen molar-refractivity contribution in [2.24, 2.45) is 11.8 Å². The Kier molecular flexibility index (Phi) is 4.78. The lowest BCUT2D eigenvalue weighted by atomic mass is 9.94. The smallest absolute Gasteiger partial charge is 0.222 e. The summed E-state index contributed by atoms with van der Waals surface area (Å²) in [4.78, 5) is 14.2. The molecule has 1 aliphatic heterocycles. The molecular formula is C13H26N2O. The normalized spacial score (nSPS) is 24.1. The summed E-state index contributed by atoms with van der Waals surface area (Å²) >= 11 is 0. The average Bonchev–Trinajstić information content (AvgIpc) is 2.59. The average molecular weight is 226 g/mol. The Morgan fingerprint density at radius 3 is 2.31 bits per heavy atom. The third-order valence-corrected chi connectivity index (χ3v) is 3.54. The molecule has 1 N–H and O–H groups in total. The largest absolute Gasteiger partial charge is 0.351 e. The standard InChI is InChI=1S/C13H26N2O/c1-9(2)12(14-13(16)10(3)4)11-7-6-8-15(11)5/h9-12H,6-8H2,1-5H3,(H,14,16). The van der Waals surface area contributed by atoms with E-state index in [2.05, 4.69) is 31.1 Å². The molecule has 2 unspecified atom stereocenters. The topological polar surface area (TPSA) is 32.3 Å². The predicted octanol–water partition coefficient (Wildman–Crippen LogP) is 1.88. The first-order valence-electron chi connectivity index (χ1n) is 6.44. The maximum atomic E-state index is 11.8. The van der Waals surface area contributed by atoms with Crippen LogP contribution < -0.4 is 5.32 Å². The van der Waals surface area contributed by atoms with Crippen LogP contribution in [0.15, 0.2) is 0 Å². The maximum Gasteiger partial charge on any atom is 0.222 e. The lowest BCUT2D eigenvalue weighted by Gasteiger charge is -2.33. The monoisotopic (exact) mass is 226 g/mol. The molecule has 0 aliphatic carbocycles. The van der Waals surface area contributed by atoms with E-state index in [9.17, 15) is 4.79 Å². The van der Waals surface area contributed by atoms with Crippen molar-refractivity contribution in [2.45, 2.75) is 52.6 Å². The van der Waals surface area contributed by atoms with Crippen LogP contribution in [0.3, 0.4) is 0 Å². The van der Waals surface area contributed by atoms with Crippen molar-refractivity contribution in [1.82, 2.24) is 10.2 Å². The van der Waals surface area contributed by atoms with E-state index < -0.39 is 0 Å². The van der Waals surface area contributed by atoms with Crippen molar-refractivity contribution < 1.29 is 4.79 Å². The van der Waals surface area contributed by atoms with Gasteiger partial charge in [-0.1, -0.05) is 27.7 Å². The minimum atomic E-state index is 0.0768. The van der Waals surface area contributed by atoms with Crippen molar-refractivity contribution >= 4 is 5.91 Å². The molecule has 1 fully saturated rings. The van der Waals surface area contributed by atoms with Crippen LogP contribution >= 0.6 is 0 Å². The van der Waals surface area contributed by atoms with Crippen LogP contribution in [0.1, 0.15) is 40.5 Å². The maximum absolute atomic E-state index is 11.8. The Balaban J connectivity index is 2.64. The highest BCUT2D eigenvalue weighted by molar-refractivity contribution is 5.78. The van der Waals surface area contributed by atoms with Gasteiger partial charge in [-0.15, -0.1) is 0 Å². The molecule has 3 nitrogen and oxygen atoms in total. The fourth-order valence-corrected chi connectivity index (χ4v) is 2.43. The summed E-state index contributed by atoms with van der Waals surface area (Å²) in [5.41, 5.74) is 0. The van der Waals surface area contributed by atoms with Crippen LogP contribution in [0.2, 0.25) is 0 Å². The van der Waals surface area contributed by atoms with Crippen molar-refractivity contribution in [3.8, 4) is 0 Å². The van der Waals surface area contributed by atoms with E-state index in [0.717, 1.165) is 6.54 Å². The number of carbonyl (C=O) groups excluding carboxylic acids is 1. The van der Waals surface area contributed by atoms with Gasteiger partial charge in [-0.05, 0) is 32.4 Å². The summed E-state index contributed by atoms with van der Waals surface area (Å²) in [6, 6.07) is 0.810. The van der Waals surface area contributed by atoms with E-state index in [1.165, 1.54) is 12.8 Å². The minimum Gasteiger partial charge on any atom is -0.351 e. The number of likely N-dealkylation sites (N-methyl/N-ethyl adjacent to an activating group) is 1. The number of nitrogens with zero attached hydrogens (tertiary/aromatic N) is 1. The number of hydrogen-bond donors (Lipinski definition) is 1. The summed E-state index contributed by atoms with van der Waals surface area (Å²) in [5, 5.41) is 3.21. The van der Waals surface area contributed by atoms with Gasteiger partial charge < -0.3 is 10.2 Å². The number of amides is 1. The van der Waals surface area contributed by atoms with Gasteiger partial charge in [0.1, 0.15) is 0 Å². The second kappa shape index (κ2) is 5.67. The molecule has 0 aromatic heterocycles. The Morgan fingerprint density at radius 2 is 1.94 bits per heavy atom. The Hall–Kier alpha value is -0.570. The molecule has 0 saturated carbocycles. The molecular weight excluding hydrogens is 200 g/mol. The summed E-state index contributed by atoms with van der Waals surface area (Å²) in [6.07, 6.45) is 2.46. The molecule has 1 heterocycles. The Bertz CT molecular complexity index is 238. The number of carbonyl (C=O) groups is 1. The van der Waals surface area contributed by atoms with E-state index >= 15 is 0 Å². The molecule has 1 amide bonds. The van der Waals surface area contributed by atoms with Crippen molar-refractivity contribution in [1.29, 1.82) is 0 Å². The first kappa shape index (κ1) is 13.5. The van der Waals surface area contributed by atoms with Gasteiger partial charge in [-0.3, -0.25) is 4.79 Å². The first-order valence-corrected chi connectivity index (χ1v) is 6.44. The van der Waals surface area contributed by atoms with E-state index in [0.29, 0.717) is 18.0 Å². The molecule has 16 heavy (non-hydrogen) atoms. The lowest BCUT2D eigenvalue weighted by molar-refractivity contribution is -0.125. The van der Waals surface area contributed by atoms with Crippen molar-refractivity contribution in [3.05, 3.63) is 0 Å². The quantitative estimate of drug-likeness (QED) is 0.794. The van der Waals surface area contributed by atoms with Crippen LogP contribution in [0.25, 0.3) is 0 Å². The Labute approximate surface area is 99.6 Å². The molecule has 2 atom stereocenters. The van der Waals surface area contributed by atoms with Gasteiger partial charge in [-0.25, -0.2) is 0 Å². The van der Waals surface area contributed by atoms with Crippen LogP contribution in [0.5, 0.6) is 0 Å². The number of nitrogens with one attached hydrogen (secondary N) is 1. The number of hydrogen-bond acceptors (Lipinski definition) is 2. The molecule has 0 spiro atoms. The highest BCUT2D eigenvalue weighted by Gasteiger charge is 2.32. The third-order valence-electron chi connectivity index (χ3n) is 3.54. The van der Waals surface area contributed by atoms with Gasteiger partial charge in [0.05, 0.1) is 0 Å². The van der Waals surface area contributed by atoms with Crippen LogP contribution in [0.4, 0.5) is 0 Å². The highest BCUT2D eigenvalue weighted by atomic mass is 16.1. The zero-order valence-electron chi connectivity index (χ0n) is 11.3. The van der Waals surface area contributed by atoms with Gasteiger partial charge in [0.15, 0.2) is 0 Å². The molecule has 0 aromatic carbocycles. The molecule has 3 heteroatoms. The summed E-state index contributed by atoms with van der Waals surface area (Å²) in [7, 11) is 2.16. The fraction of sp³-hybridized carbons (Fsp3) is 0.923. The van der Waals surface area contributed by atoms with E-state index in [1.54, 1.807) is 0 Å². The molecule has 0 bridgehead atoms. The SMILES string of the molecule is CC(C)C(=O)NC(C(C)C)C1CCCN1C. The third kappa shape index (κ3) is 3.21. The predicted molar refractivity (Wildman–Crippen MR) is 67.3 cm³/mol. The van der Waals surface area contributed by atoms with Gasteiger partial charge in [0.2, 0.25) is 5.91 Å². The fourth-order valence-electron chi connectivity index (χ4n) is 2.43. The summed E-state index contributed by atoms with van der Waals surface area (Å²) in [5.74, 6) is 0.750. The lowest BCUT2D eigenvalue weighted by Crippen LogP contribution is -2.51. The van der Waals surface area contributed by atoms with Crippen molar-refractivity contribution in [2.75, 3.05) is 13.6 Å². The van der Waals surface area contributed by atoms with Crippen LogP contribution in [-0.2, 0) is 4.79 Å². The molecule has 1 aliphatic rings. The van der Waals surface area contributed by atoms with Crippen LogP contribution in [-0.4, -0.2) is 36.5 Å². The molecule has 0 radical (unpaired) electrons. The van der Waals surface area contributed by atoms with E-state index in [1.807, 2.05) is 13.8 Å². The first-order chi connectivity index (χ1) is 7.43.